The summed E-state index contributed by atoms with van der Waals surface area (Å²) in [4.78, 5) is 0. The van der Waals surface area contributed by atoms with E-state index < -0.39 is 11.7 Å². The van der Waals surface area contributed by atoms with Crippen LogP contribution in [0.15, 0.2) is 24.3 Å². The molecule has 0 heterocycles. The summed E-state index contributed by atoms with van der Waals surface area (Å²) in [5, 5.41) is 2.94. The number of hydrogen-bond donors (Lipinski definition) is 1. The van der Waals surface area contributed by atoms with Crippen LogP contribution in [0.3, 0.4) is 0 Å². The van der Waals surface area contributed by atoms with E-state index in [1.54, 1.807) is 0 Å². The third-order valence-electron chi connectivity index (χ3n) is 1.72. The standard InChI is InChI=1S/C10H11F3N/c1-2-7-14-9-5-3-8(4-6-9)10(11,12)13/h3-6,14H,1-2,7H2. The first-order valence-corrected chi connectivity index (χ1v) is 4.24. The monoisotopic (exact) mass is 202 g/mol. The quantitative estimate of drug-likeness (QED) is 0.792. The third-order valence-corrected chi connectivity index (χ3v) is 1.72. The third kappa shape index (κ3) is 2.94. The highest BCUT2D eigenvalue weighted by Crippen LogP contribution is 2.29. The van der Waals surface area contributed by atoms with Gasteiger partial charge in [-0.25, -0.2) is 0 Å². The van der Waals surface area contributed by atoms with Gasteiger partial charge in [-0.05, 0) is 30.7 Å². The topological polar surface area (TPSA) is 12.0 Å². The summed E-state index contributed by atoms with van der Waals surface area (Å²) >= 11 is 0. The zero-order valence-electron chi connectivity index (χ0n) is 7.56. The SMILES string of the molecule is [CH2]CCNc1ccc(C(F)(F)F)cc1. The van der Waals surface area contributed by atoms with Crippen LogP contribution in [-0.2, 0) is 6.18 Å². The van der Waals surface area contributed by atoms with E-state index >= 15 is 0 Å². The molecule has 1 aromatic rings. The van der Waals surface area contributed by atoms with Crippen LogP contribution < -0.4 is 5.32 Å². The zero-order chi connectivity index (χ0) is 10.6. The Hall–Kier alpha value is -1.19. The van der Waals surface area contributed by atoms with Crippen molar-refractivity contribution in [1.29, 1.82) is 0 Å². The maximum atomic E-state index is 12.1. The van der Waals surface area contributed by atoms with Crippen molar-refractivity contribution in [3.63, 3.8) is 0 Å². The molecule has 0 aromatic heterocycles. The molecule has 1 aromatic carbocycles. The predicted octanol–water partition coefficient (Wildman–Crippen LogP) is 3.34. The second-order valence-electron chi connectivity index (χ2n) is 2.86. The van der Waals surface area contributed by atoms with E-state index in [4.69, 9.17) is 0 Å². The molecule has 0 aliphatic rings. The summed E-state index contributed by atoms with van der Waals surface area (Å²) in [6.45, 7) is 4.27. The Morgan fingerprint density at radius 2 is 1.71 bits per heavy atom. The molecule has 0 bridgehead atoms. The molecule has 14 heavy (non-hydrogen) atoms. The fraction of sp³-hybridized carbons (Fsp3) is 0.300. The Labute approximate surface area is 80.9 Å². The molecule has 0 aliphatic heterocycles. The molecule has 77 valence electrons. The van der Waals surface area contributed by atoms with Crippen molar-refractivity contribution in [3.8, 4) is 0 Å². The maximum absolute atomic E-state index is 12.1. The summed E-state index contributed by atoms with van der Waals surface area (Å²) in [5.74, 6) is 0. The Morgan fingerprint density at radius 3 is 2.14 bits per heavy atom. The average Bonchev–Trinajstić information content (AvgIpc) is 2.14. The first-order chi connectivity index (χ1) is 6.54. The molecule has 0 atom stereocenters. The van der Waals surface area contributed by atoms with Gasteiger partial charge in [-0.1, -0.05) is 6.92 Å². The number of benzene rings is 1. The van der Waals surface area contributed by atoms with Gasteiger partial charge < -0.3 is 5.32 Å². The minimum Gasteiger partial charge on any atom is -0.385 e. The minimum atomic E-state index is -4.26. The van der Waals surface area contributed by atoms with Gasteiger partial charge in [0, 0.05) is 12.2 Å². The molecule has 0 spiro atoms. The molecule has 4 heteroatoms. The van der Waals surface area contributed by atoms with Gasteiger partial charge in [0.15, 0.2) is 0 Å². The summed E-state index contributed by atoms with van der Waals surface area (Å²) < 4.78 is 36.4. The Kier molecular flexibility index (Phi) is 3.38. The lowest BCUT2D eigenvalue weighted by atomic mass is 10.2. The van der Waals surface area contributed by atoms with Crippen LogP contribution in [-0.4, -0.2) is 6.54 Å². The van der Waals surface area contributed by atoms with E-state index in [2.05, 4.69) is 12.2 Å². The Morgan fingerprint density at radius 1 is 1.14 bits per heavy atom. The van der Waals surface area contributed by atoms with Gasteiger partial charge in [-0.2, -0.15) is 13.2 Å². The molecule has 0 saturated carbocycles. The van der Waals surface area contributed by atoms with Crippen LogP contribution in [0.2, 0.25) is 0 Å². The van der Waals surface area contributed by atoms with E-state index in [-0.39, 0.29) is 0 Å². The molecule has 1 rings (SSSR count). The van der Waals surface area contributed by atoms with Gasteiger partial charge in [0.1, 0.15) is 0 Å². The lowest BCUT2D eigenvalue weighted by Crippen LogP contribution is -2.05. The van der Waals surface area contributed by atoms with Crippen LogP contribution in [0.5, 0.6) is 0 Å². The lowest BCUT2D eigenvalue weighted by molar-refractivity contribution is -0.137. The number of rotatable bonds is 3. The normalized spacial score (nSPS) is 11.4. The number of hydrogen-bond acceptors (Lipinski definition) is 1. The molecular formula is C10H11F3N. The van der Waals surface area contributed by atoms with Crippen molar-refractivity contribution in [3.05, 3.63) is 36.8 Å². The van der Waals surface area contributed by atoms with Crippen LogP contribution in [0.25, 0.3) is 0 Å². The zero-order valence-corrected chi connectivity index (χ0v) is 7.56. The molecule has 0 amide bonds. The fourth-order valence-corrected chi connectivity index (χ4v) is 1.01. The van der Waals surface area contributed by atoms with E-state index in [1.807, 2.05) is 0 Å². The second-order valence-corrected chi connectivity index (χ2v) is 2.86. The van der Waals surface area contributed by atoms with Crippen LogP contribution in [0.4, 0.5) is 18.9 Å². The molecule has 1 radical (unpaired) electrons. The summed E-state index contributed by atoms with van der Waals surface area (Å²) in [6.07, 6.45) is -3.56. The maximum Gasteiger partial charge on any atom is 0.416 e. The highest BCUT2D eigenvalue weighted by Gasteiger charge is 2.29. The van der Waals surface area contributed by atoms with Gasteiger partial charge >= 0.3 is 6.18 Å². The number of nitrogens with one attached hydrogen (secondary N) is 1. The molecule has 1 nitrogen and oxygen atoms in total. The van der Waals surface area contributed by atoms with Crippen molar-refractivity contribution in [2.75, 3.05) is 11.9 Å². The first kappa shape index (κ1) is 10.9. The van der Waals surface area contributed by atoms with E-state index in [0.717, 1.165) is 12.1 Å². The second kappa shape index (κ2) is 4.35. The van der Waals surface area contributed by atoms with Crippen LogP contribution >= 0.6 is 0 Å². The summed E-state index contributed by atoms with van der Waals surface area (Å²) in [6, 6.07) is 4.95. The highest BCUT2D eigenvalue weighted by atomic mass is 19.4. The number of anilines is 1. The molecule has 0 fully saturated rings. The largest absolute Gasteiger partial charge is 0.416 e. The van der Waals surface area contributed by atoms with E-state index in [9.17, 15) is 13.2 Å². The van der Waals surface area contributed by atoms with Crippen LogP contribution in [0.1, 0.15) is 12.0 Å². The predicted molar refractivity (Wildman–Crippen MR) is 49.9 cm³/mol. The van der Waals surface area contributed by atoms with Gasteiger partial charge in [0.05, 0.1) is 5.56 Å². The number of halogens is 3. The van der Waals surface area contributed by atoms with Gasteiger partial charge in [0.25, 0.3) is 0 Å². The van der Waals surface area contributed by atoms with Crippen molar-refractivity contribution in [2.24, 2.45) is 0 Å². The van der Waals surface area contributed by atoms with Crippen molar-refractivity contribution in [2.45, 2.75) is 12.6 Å². The Bertz CT molecular complexity index is 276. The summed E-state index contributed by atoms with van der Waals surface area (Å²) in [5.41, 5.74) is 0.0549. The molecular weight excluding hydrogens is 191 g/mol. The molecule has 0 unspecified atom stereocenters. The van der Waals surface area contributed by atoms with E-state index in [0.29, 0.717) is 18.7 Å². The highest BCUT2D eigenvalue weighted by molar-refractivity contribution is 5.44. The fourth-order valence-electron chi connectivity index (χ4n) is 1.01. The van der Waals surface area contributed by atoms with Gasteiger partial charge in [0.2, 0.25) is 0 Å². The molecule has 1 N–H and O–H groups in total. The molecule has 0 saturated heterocycles. The van der Waals surface area contributed by atoms with Crippen LogP contribution in [0, 0.1) is 6.92 Å². The first-order valence-electron chi connectivity index (χ1n) is 4.24. The minimum absolute atomic E-state index is 0.627. The van der Waals surface area contributed by atoms with Gasteiger partial charge in [-0.15, -0.1) is 0 Å². The lowest BCUT2D eigenvalue weighted by Gasteiger charge is -2.08. The number of alkyl halides is 3. The summed E-state index contributed by atoms with van der Waals surface area (Å²) in [7, 11) is 0. The smallest absolute Gasteiger partial charge is 0.385 e. The van der Waals surface area contributed by atoms with Gasteiger partial charge in [-0.3, -0.25) is 0 Å². The Balaban J connectivity index is 2.69. The van der Waals surface area contributed by atoms with Crippen molar-refractivity contribution >= 4 is 5.69 Å². The van der Waals surface area contributed by atoms with E-state index in [1.165, 1.54) is 12.1 Å². The average molecular weight is 202 g/mol. The van der Waals surface area contributed by atoms with Crippen molar-refractivity contribution in [1.82, 2.24) is 0 Å². The molecule has 0 aliphatic carbocycles. The van der Waals surface area contributed by atoms with Crippen molar-refractivity contribution < 1.29 is 13.2 Å².